The maximum Gasteiger partial charge on any atom is 0.401 e. The van der Waals surface area contributed by atoms with Crippen LogP contribution in [-0.4, -0.2) is 55.0 Å². The van der Waals surface area contributed by atoms with Crippen molar-refractivity contribution in [1.29, 1.82) is 0 Å². The summed E-state index contributed by atoms with van der Waals surface area (Å²) < 4.78 is 36.0. The van der Waals surface area contributed by atoms with Crippen LogP contribution in [0.1, 0.15) is 20.3 Å². The molecule has 0 radical (unpaired) electrons. The molecule has 0 aromatic carbocycles. The van der Waals surface area contributed by atoms with Crippen LogP contribution in [0, 0.1) is 0 Å². The predicted molar refractivity (Wildman–Crippen MR) is 57.3 cm³/mol. The molecule has 3 nitrogen and oxygen atoms in total. The van der Waals surface area contributed by atoms with Crippen molar-refractivity contribution in [3.8, 4) is 0 Å². The lowest BCUT2D eigenvalue weighted by molar-refractivity contribution is -0.143. The predicted octanol–water partition coefficient (Wildman–Crippen LogP) is 1.23. The van der Waals surface area contributed by atoms with E-state index in [1.165, 1.54) is 11.9 Å². The Hall–Kier alpha value is -0.330. The Kier molecular flexibility index (Phi) is 6.94. The number of nitrogens with one attached hydrogen (secondary N) is 1. The van der Waals surface area contributed by atoms with Gasteiger partial charge in [0.25, 0.3) is 0 Å². The lowest BCUT2D eigenvalue weighted by atomic mass is 10.2. The molecule has 0 fully saturated rings. The topological polar surface area (TPSA) is 35.5 Å². The maximum atomic E-state index is 12.0. The zero-order valence-corrected chi connectivity index (χ0v) is 10.0. The Morgan fingerprint density at radius 3 is 2.25 bits per heavy atom. The van der Waals surface area contributed by atoms with Gasteiger partial charge in [-0.05, 0) is 20.0 Å². The third kappa shape index (κ3) is 8.94. The zero-order chi connectivity index (χ0) is 12.8. The minimum Gasteiger partial charge on any atom is -0.395 e. The molecule has 1 atom stereocenters. The van der Waals surface area contributed by atoms with Crippen molar-refractivity contribution in [2.24, 2.45) is 0 Å². The molecule has 1 unspecified atom stereocenters. The molecule has 0 saturated carbocycles. The molecular weight excluding hydrogens is 221 g/mol. The van der Waals surface area contributed by atoms with Gasteiger partial charge in [-0.1, -0.05) is 13.8 Å². The molecule has 0 aromatic rings. The van der Waals surface area contributed by atoms with Crippen LogP contribution in [0.25, 0.3) is 0 Å². The van der Waals surface area contributed by atoms with Crippen LogP contribution in [0.5, 0.6) is 0 Å². The van der Waals surface area contributed by atoms with Gasteiger partial charge in [-0.3, -0.25) is 4.90 Å². The molecule has 16 heavy (non-hydrogen) atoms. The summed E-state index contributed by atoms with van der Waals surface area (Å²) in [5.41, 5.74) is 0. The van der Waals surface area contributed by atoms with Crippen molar-refractivity contribution >= 4 is 0 Å². The van der Waals surface area contributed by atoms with Crippen LogP contribution in [0.15, 0.2) is 0 Å². The molecule has 0 amide bonds. The molecule has 0 aliphatic carbocycles. The molecule has 0 aliphatic heterocycles. The standard InChI is InChI=1S/C10H21F3N2O/c1-8(2)14-9(6-16)4-5-15(3)7-10(11,12)13/h8-9,14,16H,4-7H2,1-3H3. The number of rotatable bonds is 7. The summed E-state index contributed by atoms with van der Waals surface area (Å²) in [6.07, 6.45) is -3.66. The number of aliphatic hydroxyl groups is 1. The monoisotopic (exact) mass is 242 g/mol. The molecule has 0 spiro atoms. The Morgan fingerprint density at radius 1 is 1.31 bits per heavy atom. The summed E-state index contributed by atoms with van der Waals surface area (Å²) in [4.78, 5) is 1.21. The quantitative estimate of drug-likeness (QED) is 0.705. The second-order valence-corrected chi connectivity index (χ2v) is 4.34. The molecule has 6 heteroatoms. The molecule has 0 saturated heterocycles. The average molecular weight is 242 g/mol. The van der Waals surface area contributed by atoms with Crippen LogP contribution in [0.4, 0.5) is 13.2 Å². The first-order chi connectivity index (χ1) is 7.24. The molecule has 98 valence electrons. The Bertz CT molecular complexity index is 185. The summed E-state index contributed by atoms with van der Waals surface area (Å²) in [7, 11) is 1.43. The van der Waals surface area contributed by atoms with Crippen LogP contribution in [0.2, 0.25) is 0 Å². The van der Waals surface area contributed by atoms with Gasteiger partial charge in [0.05, 0.1) is 13.2 Å². The summed E-state index contributed by atoms with van der Waals surface area (Å²) in [5.74, 6) is 0. The molecule has 0 aromatic heterocycles. The van der Waals surface area contributed by atoms with Gasteiger partial charge in [0.2, 0.25) is 0 Å². The third-order valence-corrected chi connectivity index (χ3v) is 2.10. The van der Waals surface area contributed by atoms with E-state index in [9.17, 15) is 13.2 Å². The van der Waals surface area contributed by atoms with Crippen LogP contribution >= 0.6 is 0 Å². The summed E-state index contributed by atoms with van der Waals surface area (Å²) in [6.45, 7) is 3.21. The smallest absolute Gasteiger partial charge is 0.395 e. The molecule has 0 heterocycles. The van der Waals surface area contributed by atoms with E-state index in [0.29, 0.717) is 13.0 Å². The largest absolute Gasteiger partial charge is 0.401 e. The van der Waals surface area contributed by atoms with Gasteiger partial charge in [0, 0.05) is 12.1 Å². The first-order valence-electron chi connectivity index (χ1n) is 5.36. The van der Waals surface area contributed by atoms with Crippen LogP contribution < -0.4 is 5.32 Å². The molecule has 0 aliphatic rings. The summed E-state index contributed by atoms with van der Waals surface area (Å²) in [5, 5.41) is 12.1. The van der Waals surface area contributed by atoms with Gasteiger partial charge in [-0.2, -0.15) is 13.2 Å². The van der Waals surface area contributed by atoms with Crippen LogP contribution in [0.3, 0.4) is 0 Å². The van der Waals surface area contributed by atoms with Crippen molar-refractivity contribution in [2.75, 3.05) is 26.7 Å². The Morgan fingerprint density at radius 2 is 1.88 bits per heavy atom. The van der Waals surface area contributed by atoms with E-state index in [1.54, 1.807) is 0 Å². The van der Waals surface area contributed by atoms with E-state index < -0.39 is 12.7 Å². The highest BCUT2D eigenvalue weighted by Gasteiger charge is 2.29. The molecule has 0 rings (SSSR count). The fourth-order valence-corrected chi connectivity index (χ4v) is 1.46. The van der Waals surface area contributed by atoms with Gasteiger partial charge in [0.1, 0.15) is 0 Å². The number of nitrogens with zero attached hydrogens (tertiary/aromatic N) is 1. The number of halogens is 3. The van der Waals surface area contributed by atoms with Crippen molar-refractivity contribution in [1.82, 2.24) is 10.2 Å². The minimum atomic E-state index is -4.16. The van der Waals surface area contributed by atoms with Crippen LogP contribution in [-0.2, 0) is 0 Å². The highest BCUT2D eigenvalue weighted by Crippen LogP contribution is 2.15. The van der Waals surface area contributed by atoms with Gasteiger partial charge < -0.3 is 10.4 Å². The molecule has 0 bridgehead atoms. The van der Waals surface area contributed by atoms with E-state index in [-0.39, 0.29) is 18.7 Å². The minimum absolute atomic E-state index is 0.0575. The fraction of sp³-hybridized carbons (Fsp3) is 1.00. The van der Waals surface area contributed by atoms with Crippen molar-refractivity contribution < 1.29 is 18.3 Å². The van der Waals surface area contributed by atoms with E-state index in [4.69, 9.17) is 5.11 Å². The number of alkyl halides is 3. The lowest BCUT2D eigenvalue weighted by Crippen LogP contribution is -2.41. The van der Waals surface area contributed by atoms with Crippen molar-refractivity contribution in [2.45, 2.75) is 38.5 Å². The van der Waals surface area contributed by atoms with Gasteiger partial charge in [-0.15, -0.1) is 0 Å². The van der Waals surface area contributed by atoms with E-state index in [2.05, 4.69) is 5.32 Å². The first kappa shape index (κ1) is 15.7. The van der Waals surface area contributed by atoms with Gasteiger partial charge in [0.15, 0.2) is 0 Å². The highest BCUT2D eigenvalue weighted by atomic mass is 19.4. The normalized spacial score (nSPS) is 14.8. The molecule has 2 N–H and O–H groups in total. The third-order valence-electron chi connectivity index (χ3n) is 2.10. The zero-order valence-electron chi connectivity index (χ0n) is 10.0. The van der Waals surface area contributed by atoms with E-state index >= 15 is 0 Å². The molecular formula is C10H21F3N2O. The van der Waals surface area contributed by atoms with Gasteiger partial charge >= 0.3 is 6.18 Å². The van der Waals surface area contributed by atoms with Crippen molar-refractivity contribution in [3.05, 3.63) is 0 Å². The Balaban J connectivity index is 3.83. The average Bonchev–Trinajstić information content (AvgIpc) is 2.08. The number of hydrogen-bond acceptors (Lipinski definition) is 3. The van der Waals surface area contributed by atoms with E-state index in [1.807, 2.05) is 13.8 Å². The Labute approximate surface area is 94.6 Å². The highest BCUT2D eigenvalue weighted by molar-refractivity contribution is 4.70. The summed E-state index contributed by atoms with van der Waals surface area (Å²) >= 11 is 0. The SMILES string of the molecule is CC(C)NC(CO)CCN(C)CC(F)(F)F. The fourth-order valence-electron chi connectivity index (χ4n) is 1.46. The first-order valence-corrected chi connectivity index (χ1v) is 5.36. The lowest BCUT2D eigenvalue weighted by Gasteiger charge is -2.23. The number of aliphatic hydroxyl groups excluding tert-OH is 1. The van der Waals surface area contributed by atoms with Crippen molar-refractivity contribution in [3.63, 3.8) is 0 Å². The van der Waals surface area contributed by atoms with E-state index in [0.717, 1.165) is 0 Å². The second-order valence-electron chi connectivity index (χ2n) is 4.34. The number of hydrogen-bond donors (Lipinski definition) is 2. The van der Waals surface area contributed by atoms with Gasteiger partial charge in [-0.25, -0.2) is 0 Å². The maximum absolute atomic E-state index is 12.0. The summed E-state index contributed by atoms with van der Waals surface area (Å²) in [6, 6.07) is 0.0701. The second kappa shape index (κ2) is 7.09.